The Labute approximate surface area is 409 Å². The molecule has 3 unspecified atom stereocenters. The number of nitrogens with zero attached hydrogens (tertiary/aromatic N) is 2. The molecule has 4 aromatic rings. The summed E-state index contributed by atoms with van der Waals surface area (Å²) in [5.41, 5.74) is 6.54. The predicted octanol–water partition coefficient (Wildman–Crippen LogP) is 5.27. The minimum Gasteiger partial charge on any atom is -0.465 e. The molecule has 2 fully saturated rings. The summed E-state index contributed by atoms with van der Waals surface area (Å²) < 4.78 is 0. The summed E-state index contributed by atoms with van der Waals surface area (Å²) in [6, 6.07) is 26.1. The van der Waals surface area contributed by atoms with Crippen molar-refractivity contribution in [3.8, 4) is 0 Å². The van der Waals surface area contributed by atoms with Gasteiger partial charge in [0, 0.05) is 49.0 Å². The van der Waals surface area contributed by atoms with Crippen molar-refractivity contribution in [1.29, 1.82) is 0 Å². The summed E-state index contributed by atoms with van der Waals surface area (Å²) >= 11 is 0. The first-order chi connectivity index (χ1) is 33.5. The second-order valence-electron chi connectivity index (χ2n) is 20.1. The first-order valence-electron chi connectivity index (χ1n) is 24.4. The Kier molecular flexibility index (Phi) is 15.2. The van der Waals surface area contributed by atoms with Gasteiger partial charge in [0.1, 0.15) is 18.1 Å². The Morgan fingerprint density at radius 1 is 0.757 bits per heavy atom. The van der Waals surface area contributed by atoms with Crippen LogP contribution in [0.4, 0.5) is 10.5 Å². The van der Waals surface area contributed by atoms with Crippen LogP contribution in [0, 0.1) is 0 Å². The van der Waals surface area contributed by atoms with E-state index in [1.807, 2.05) is 30.3 Å². The number of carbonyl (C=O) groups excluding carboxylic acids is 6. The molecular weight excluding hydrogens is 905 g/mol. The van der Waals surface area contributed by atoms with Crippen molar-refractivity contribution in [2.45, 2.75) is 120 Å². The second kappa shape index (κ2) is 21.4. The third kappa shape index (κ3) is 11.6. The summed E-state index contributed by atoms with van der Waals surface area (Å²) in [7, 11) is -0.796. The number of fused-ring (bicyclic) bond motifs is 2. The third-order valence-corrected chi connectivity index (χ3v) is 17.1. The zero-order valence-electron chi connectivity index (χ0n) is 40.3. The Hall–Kier alpha value is -6.85. The van der Waals surface area contributed by atoms with E-state index in [2.05, 4.69) is 63.2 Å². The maximum Gasteiger partial charge on any atom is 0.407 e. The quantitative estimate of drug-likeness (QED) is 0.0818. The van der Waals surface area contributed by atoms with Crippen LogP contribution in [0.25, 0.3) is 0 Å². The number of anilines is 1. The molecule has 368 valence electrons. The van der Waals surface area contributed by atoms with Crippen molar-refractivity contribution < 1.29 is 38.7 Å². The molecule has 0 bridgehead atoms. The Morgan fingerprint density at radius 3 is 1.93 bits per heavy atom. The molecule has 4 aromatic carbocycles. The number of rotatable bonds is 14. The molecule has 7 N–H and O–H groups in total. The van der Waals surface area contributed by atoms with Gasteiger partial charge in [-0.3, -0.25) is 33.7 Å². The van der Waals surface area contributed by atoms with E-state index in [1.165, 1.54) is 30.7 Å². The number of hydrogen-bond donors (Lipinski definition) is 7. The third-order valence-electron chi connectivity index (χ3n) is 14.4. The number of aryl methyl sites for hydroxylation is 2. The Bertz CT molecular complexity index is 2630. The van der Waals surface area contributed by atoms with Crippen LogP contribution in [0.15, 0.2) is 97.1 Å². The topological polar surface area (TPSA) is 218 Å². The van der Waals surface area contributed by atoms with Crippen molar-refractivity contribution in [2.24, 2.45) is 0 Å². The molecule has 2 heterocycles. The lowest BCUT2D eigenvalue weighted by Gasteiger charge is -2.32. The maximum atomic E-state index is 14.7. The second-order valence-corrected chi connectivity index (χ2v) is 25.1. The Morgan fingerprint density at radius 2 is 1.33 bits per heavy atom. The minimum absolute atomic E-state index is 0.0269. The zero-order chi connectivity index (χ0) is 49.7. The number of nitrogens with one attached hydrogen (secondary N) is 6. The van der Waals surface area contributed by atoms with Crippen LogP contribution in [0.3, 0.4) is 0 Å². The highest BCUT2D eigenvalue weighted by Gasteiger charge is 2.47. The van der Waals surface area contributed by atoms with Gasteiger partial charge in [-0.15, -0.1) is 0 Å². The van der Waals surface area contributed by atoms with Crippen molar-refractivity contribution in [2.75, 3.05) is 25.1 Å². The van der Waals surface area contributed by atoms with E-state index >= 15 is 0 Å². The number of carbonyl (C=O) groups is 7. The fraction of sp³-hybridized carbons (Fsp3) is 0.415. The van der Waals surface area contributed by atoms with E-state index < -0.39 is 56.1 Å². The first kappa shape index (κ1) is 49.6. The maximum absolute atomic E-state index is 14.7. The van der Waals surface area contributed by atoms with Gasteiger partial charge in [0.05, 0.1) is 26.2 Å². The molecule has 0 spiro atoms. The average molecular weight is 969 g/mol. The summed E-state index contributed by atoms with van der Waals surface area (Å²) in [5.74, 6) is -2.11. The summed E-state index contributed by atoms with van der Waals surface area (Å²) in [5, 5.41) is 28.0. The van der Waals surface area contributed by atoms with E-state index in [0.717, 1.165) is 49.0 Å². The highest BCUT2D eigenvalue weighted by molar-refractivity contribution is 6.79. The van der Waals surface area contributed by atoms with E-state index in [9.17, 15) is 38.7 Å². The van der Waals surface area contributed by atoms with Crippen molar-refractivity contribution in [3.63, 3.8) is 0 Å². The van der Waals surface area contributed by atoms with Gasteiger partial charge in [-0.1, -0.05) is 73.8 Å². The molecule has 70 heavy (non-hydrogen) atoms. The predicted molar refractivity (Wildman–Crippen MR) is 268 cm³/mol. The van der Waals surface area contributed by atoms with E-state index in [0.29, 0.717) is 47.6 Å². The number of hydrogen-bond acceptors (Lipinski definition) is 8. The van der Waals surface area contributed by atoms with E-state index in [-0.39, 0.29) is 42.3 Å². The van der Waals surface area contributed by atoms with Gasteiger partial charge in [-0.25, -0.2) is 4.79 Å². The largest absolute Gasteiger partial charge is 0.465 e. The number of benzene rings is 4. The standard InChI is InChI=1S/C53H64N8O8Si/c1-32(60(2)53(68)69)47(62)59-45(52(67)61-31-70(3,4)30-46(61)51(66)58-43-18-10-14-35-12-6-8-16-41(35)43)27-33-19-25-38(26-20-33)55-48(63)36-21-23-37(24-22-36)49(64)56-39-28-44(54-29-39)50(65)57-42-17-9-13-34-11-5-7-15-40(34)42/h5-8,11-12,15-16,19-26,32,39,42-46,54H,9-10,13-14,17-18,27-31H2,1-4H3,(H,55,63)(H,56,64)(H,57,65)(H,58,66)(H,59,62)(H,68,69)/t32?,39-,42+,43+,44-,45?,46?/m0/s1. The lowest BCUT2D eigenvalue weighted by Crippen LogP contribution is -2.57. The summed E-state index contributed by atoms with van der Waals surface area (Å²) in [6.45, 7) is 6.17. The molecule has 2 saturated heterocycles. The number of likely N-dealkylation sites (N-methyl/N-ethyl adjacent to an activating group) is 1. The van der Waals surface area contributed by atoms with Gasteiger partial charge < -0.3 is 41.9 Å². The van der Waals surface area contributed by atoms with Crippen LogP contribution in [0.5, 0.6) is 0 Å². The molecule has 16 nitrogen and oxygen atoms in total. The van der Waals surface area contributed by atoms with Crippen LogP contribution >= 0.6 is 0 Å². The van der Waals surface area contributed by atoms with Crippen LogP contribution < -0.4 is 31.9 Å². The lowest BCUT2D eigenvalue weighted by atomic mass is 9.87. The van der Waals surface area contributed by atoms with Crippen LogP contribution in [-0.4, -0.2) is 114 Å². The van der Waals surface area contributed by atoms with E-state index in [1.54, 1.807) is 53.4 Å². The zero-order valence-corrected chi connectivity index (χ0v) is 41.3. The van der Waals surface area contributed by atoms with E-state index in [4.69, 9.17) is 0 Å². The molecular formula is C53H64N8O8Si. The molecule has 8 rings (SSSR count). The highest BCUT2D eigenvalue weighted by Crippen LogP contribution is 2.33. The molecule has 7 atom stereocenters. The molecule has 0 radical (unpaired) electrons. The fourth-order valence-electron chi connectivity index (χ4n) is 10.4. The fourth-order valence-corrected chi connectivity index (χ4v) is 13.2. The van der Waals surface area contributed by atoms with Crippen molar-refractivity contribution in [1.82, 2.24) is 36.4 Å². The summed E-state index contributed by atoms with van der Waals surface area (Å²) in [6.07, 6.45) is 5.18. The monoisotopic (exact) mass is 968 g/mol. The smallest absolute Gasteiger partial charge is 0.407 e. The van der Waals surface area contributed by atoms with Crippen molar-refractivity contribution >= 4 is 55.3 Å². The van der Waals surface area contributed by atoms with Gasteiger partial charge in [-0.2, -0.15) is 0 Å². The van der Waals surface area contributed by atoms with Crippen LogP contribution in [0.2, 0.25) is 19.1 Å². The van der Waals surface area contributed by atoms with Crippen molar-refractivity contribution in [3.05, 3.63) is 136 Å². The molecule has 4 aliphatic rings. The number of carboxylic acid groups (broad SMARTS) is 1. The van der Waals surface area contributed by atoms with Gasteiger partial charge in [-0.05, 0) is 122 Å². The SMILES string of the molecule is CC(C(=O)NC(Cc1ccc(NC(=O)c2ccc(C(=O)N[C@@H]3CN[C@H](C(=O)N[C@@H]4CCCc5ccccc54)C3)cc2)cc1)C(=O)N1C[Si](C)(C)CC1C(=O)N[C@@H]1CCCc2ccccc21)N(C)C(=O)O. The van der Waals surface area contributed by atoms with Gasteiger partial charge in [0.15, 0.2) is 0 Å². The van der Waals surface area contributed by atoms with Crippen LogP contribution in [-0.2, 0) is 38.4 Å². The molecule has 7 amide bonds. The normalized spacial score (nSPS) is 22.0. The Balaban J connectivity index is 0.877. The summed E-state index contributed by atoms with van der Waals surface area (Å²) in [4.78, 5) is 96.4. The molecule has 2 aliphatic carbocycles. The van der Waals surface area contributed by atoms with Gasteiger partial charge in [0.2, 0.25) is 23.6 Å². The average Bonchev–Trinajstić information content (AvgIpc) is 3.97. The van der Waals surface area contributed by atoms with Crippen LogP contribution in [0.1, 0.15) is 99.6 Å². The molecule has 2 aliphatic heterocycles. The number of amides is 7. The minimum atomic E-state index is -2.08. The van der Waals surface area contributed by atoms with Gasteiger partial charge in [0.25, 0.3) is 11.8 Å². The van der Waals surface area contributed by atoms with Gasteiger partial charge >= 0.3 is 6.09 Å². The highest BCUT2D eigenvalue weighted by atomic mass is 28.3. The lowest BCUT2D eigenvalue weighted by molar-refractivity contribution is -0.141. The molecule has 0 aromatic heterocycles. The molecule has 17 heteroatoms. The molecule has 0 saturated carbocycles. The first-order valence-corrected chi connectivity index (χ1v) is 27.8.